The molecule has 3 unspecified atom stereocenters. The Morgan fingerprint density at radius 3 is 2.08 bits per heavy atom. The number of hydrogen-bond acceptors (Lipinski definition) is 6. The lowest BCUT2D eigenvalue weighted by molar-refractivity contribution is -0.306. The first-order valence-electron chi connectivity index (χ1n) is 9.10. The highest BCUT2D eigenvalue weighted by atomic mass is 32.2. The number of carbonyl (C=O) groups excluding carboxylic acids is 2. The maximum Gasteiger partial charge on any atom is 0.156 e. The zero-order valence-electron chi connectivity index (χ0n) is 15.2. The monoisotopic (exact) mass is 372 g/mol. The summed E-state index contributed by atoms with van der Waals surface area (Å²) in [6.07, 6.45) is 7.50. The van der Waals surface area contributed by atoms with E-state index >= 15 is 0 Å². The Balaban J connectivity index is 0.000000196. The molecule has 0 aliphatic heterocycles. The standard InChI is InChI=1S/C10H16O4S.C8H14O2/c1-9(2)6-4-5-10(9,3)8(11)7(6)15(12,13)14;9-8(10)6-5-7-3-1-2-4-7/h6-7H,4-5H2,1-3H3,(H,12,13,14);7H,1-6H2,(H,9,10)/p-2. The van der Waals surface area contributed by atoms with Crippen LogP contribution >= 0.6 is 0 Å². The summed E-state index contributed by atoms with van der Waals surface area (Å²) in [6.45, 7) is 5.59. The highest BCUT2D eigenvalue weighted by molar-refractivity contribution is 7.87. The zero-order chi connectivity index (χ0) is 19.0. The van der Waals surface area contributed by atoms with Gasteiger partial charge in [-0.15, -0.1) is 0 Å². The maximum absolute atomic E-state index is 12.0. The first kappa shape index (κ1) is 20.4. The fourth-order valence-electron chi connectivity index (χ4n) is 4.96. The maximum atomic E-state index is 12.0. The number of rotatable bonds is 4. The number of carboxylic acids is 1. The highest BCUT2D eigenvalue weighted by Gasteiger charge is 2.67. The second kappa shape index (κ2) is 6.99. The van der Waals surface area contributed by atoms with Crippen molar-refractivity contribution in [2.24, 2.45) is 22.7 Å². The Kier molecular flexibility index (Phi) is 5.69. The third-order valence-corrected chi connectivity index (χ3v) is 8.18. The van der Waals surface area contributed by atoms with Crippen molar-refractivity contribution < 1.29 is 27.7 Å². The van der Waals surface area contributed by atoms with Gasteiger partial charge in [0.15, 0.2) is 5.78 Å². The van der Waals surface area contributed by atoms with Crippen LogP contribution in [0.2, 0.25) is 0 Å². The molecule has 3 atom stereocenters. The lowest BCUT2D eigenvalue weighted by Gasteiger charge is -2.32. The van der Waals surface area contributed by atoms with Gasteiger partial charge in [0.25, 0.3) is 0 Å². The molecule has 3 saturated carbocycles. The van der Waals surface area contributed by atoms with E-state index in [1.807, 2.05) is 13.8 Å². The molecule has 3 aliphatic carbocycles. The molecule has 0 amide bonds. The van der Waals surface area contributed by atoms with Crippen molar-refractivity contribution in [3.63, 3.8) is 0 Å². The molecule has 25 heavy (non-hydrogen) atoms. The van der Waals surface area contributed by atoms with Gasteiger partial charge in [0, 0.05) is 11.4 Å². The predicted molar refractivity (Wildman–Crippen MR) is 89.3 cm³/mol. The Hall–Kier alpha value is -0.950. The van der Waals surface area contributed by atoms with E-state index < -0.39 is 26.8 Å². The van der Waals surface area contributed by atoms with Gasteiger partial charge in [-0.1, -0.05) is 46.5 Å². The summed E-state index contributed by atoms with van der Waals surface area (Å²) in [5, 5.41) is 8.75. The lowest BCUT2D eigenvalue weighted by atomic mass is 9.70. The van der Waals surface area contributed by atoms with E-state index in [9.17, 15) is 27.7 Å². The Morgan fingerprint density at radius 1 is 1.16 bits per heavy atom. The average molecular weight is 372 g/mol. The number of ketones is 1. The van der Waals surface area contributed by atoms with Crippen LogP contribution in [0.15, 0.2) is 0 Å². The van der Waals surface area contributed by atoms with Gasteiger partial charge in [0.2, 0.25) is 0 Å². The molecule has 0 heterocycles. The summed E-state index contributed by atoms with van der Waals surface area (Å²) in [5.74, 6) is -0.874. The smallest absolute Gasteiger partial charge is 0.156 e. The van der Waals surface area contributed by atoms with Crippen molar-refractivity contribution in [3.05, 3.63) is 0 Å². The highest BCUT2D eigenvalue weighted by Crippen LogP contribution is 2.64. The van der Waals surface area contributed by atoms with Crippen LogP contribution in [0, 0.1) is 22.7 Å². The van der Waals surface area contributed by atoms with E-state index in [1.165, 1.54) is 25.7 Å². The van der Waals surface area contributed by atoms with Gasteiger partial charge >= 0.3 is 0 Å². The Morgan fingerprint density at radius 2 is 1.72 bits per heavy atom. The van der Waals surface area contributed by atoms with Crippen LogP contribution in [-0.2, 0) is 19.7 Å². The van der Waals surface area contributed by atoms with E-state index in [0.29, 0.717) is 18.8 Å². The van der Waals surface area contributed by atoms with Crippen molar-refractivity contribution in [1.82, 2.24) is 0 Å². The fourth-order valence-corrected chi connectivity index (χ4v) is 6.36. The predicted octanol–water partition coefficient (Wildman–Crippen LogP) is 1.63. The van der Waals surface area contributed by atoms with Crippen LogP contribution in [0.1, 0.15) is 72.1 Å². The molecule has 0 aromatic heterocycles. The number of carbonyl (C=O) groups is 2. The number of fused-ring (bicyclic) bond motifs is 2. The second-order valence-electron chi connectivity index (χ2n) is 8.54. The molecule has 0 aromatic rings. The summed E-state index contributed by atoms with van der Waals surface area (Å²) in [4.78, 5) is 22.0. The number of hydrogen-bond donors (Lipinski definition) is 0. The van der Waals surface area contributed by atoms with E-state index in [4.69, 9.17) is 0 Å². The summed E-state index contributed by atoms with van der Waals surface area (Å²) in [7, 11) is -4.49. The largest absolute Gasteiger partial charge is 0.747 e. The summed E-state index contributed by atoms with van der Waals surface area (Å²) in [6, 6.07) is 0. The molecule has 144 valence electrons. The quantitative estimate of drug-likeness (QED) is 0.693. The second-order valence-corrected chi connectivity index (χ2v) is 10.0. The van der Waals surface area contributed by atoms with Crippen LogP contribution in [-0.4, -0.2) is 30.0 Å². The van der Waals surface area contributed by atoms with Gasteiger partial charge in [-0.2, -0.15) is 0 Å². The van der Waals surface area contributed by atoms with E-state index in [-0.39, 0.29) is 23.5 Å². The van der Waals surface area contributed by atoms with Gasteiger partial charge in [-0.3, -0.25) is 4.79 Å². The summed E-state index contributed by atoms with van der Waals surface area (Å²) in [5.41, 5.74) is -0.994. The third-order valence-electron chi connectivity index (χ3n) is 7.01. The van der Waals surface area contributed by atoms with E-state index in [2.05, 4.69) is 0 Å². The molecule has 3 fully saturated rings. The molecule has 3 rings (SSSR count). The number of Topliss-reactive ketones (excluding diaryl/α,β-unsaturated/α-hetero) is 1. The molecule has 6 nitrogen and oxygen atoms in total. The van der Waals surface area contributed by atoms with Crippen molar-refractivity contribution in [2.75, 3.05) is 0 Å². The lowest BCUT2D eigenvalue weighted by Crippen LogP contribution is -2.38. The summed E-state index contributed by atoms with van der Waals surface area (Å²) < 4.78 is 33.3. The van der Waals surface area contributed by atoms with Gasteiger partial charge in [0.05, 0.1) is 0 Å². The van der Waals surface area contributed by atoms with Crippen molar-refractivity contribution in [3.8, 4) is 0 Å². The van der Waals surface area contributed by atoms with Gasteiger partial charge < -0.3 is 14.5 Å². The normalized spacial score (nSPS) is 34.0. The zero-order valence-corrected chi connectivity index (χ0v) is 16.1. The number of aliphatic carboxylic acids is 1. The molecular weight excluding hydrogens is 344 g/mol. The molecule has 0 spiro atoms. The molecule has 2 bridgehead atoms. The molecule has 0 N–H and O–H groups in total. The fraction of sp³-hybridized carbons (Fsp3) is 0.889. The minimum atomic E-state index is -4.49. The number of carboxylic acid groups (broad SMARTS) is 1. The van der Waals surface area contributed by atoms with Gasteiger partial charge in [-0.05, 0) is 42.9 Å². The summed E-state index contributed by atoms with van der Waals surface area (Å²) >= 11 is 0. The third kappa shape index (κ3) is 3.77. The van der Waals surface area contributed by atoms with Crippen LogP contribution in [0.3, 0.4) is 0 Å². The van der Waals surface area contributed by atoms with Crippen molar-refractivity contribution >= 4 is 21.9 Å². The van der Waals surface area contributed by atoms with E-state index in [0.717, 1.165) is 6.42 Å². The first-order valence-corrected chi connectivity index (χ1v) is 10.6. The van der Waals surface area contributed by atoms with Crippen molar-refractivity contribution in [2.45, 2.75) is 77.4 Å². The van der Waals surface area contributed by atoms with E-state index in [1.54, 1.807) is 6.92 Å². The van der Waals surface area contributed by atoms with Crippen LogP contribution in [0.5, 0.6) is 0 Å². The molecule has 3 aliphatic rings. The molecule has 0 saturated heterocycles. The minimum Gasteiger partial charge on any atom is -0.747 e. The molecule has 0 aromatic carbocycles. The molecular formula is C18H28O6S-2. The van der Waals surface area contributed by atoms with Crippen LogP contribution in [0.25, 0.3) is 0 Å². The van der Waals surface area contributed by atoms with Crippen LogP contribution in [0.4, 0.5) is 0 Å². The minimum absolute atomic E-state index is 0.255. The topological polar surface area (TPSA) is 114 Å². The molecule has 7 heteroatoms. The molecule has 0 radical (unpaired) electrons. The average Bonchev–Trinajstić information content (AvgIpc) is 3.10. The SMILES string of the molecule is CC12CCC(C(S(=O)(=O)[O-])C1=O)C2(C)C.O=C([O-])CCC1CCCC1. The van der Waals surface area contributed by atoms with Gasteiger partial charge in [0.1, 0.15) is 15.4 Å². The Bertz CT molecular complexity index is 632. The van der Waals surface area contributed by atoms with Gasteiger partial charge in [-0.25, -0.2) is 8.42 Å². The van der Waals surface area contributed by atoms with Crippen LogP contribution < -0.4 is 5.11 Å². The van der Waals surface area contributed by atoms with Crippen molar-refractivity contribution in [1.29, 1.82) is 0 Å². The first-order chi connectivity index (χ1) is 11.4. The Labute approximate surface area is 150 Å².